The number of nitrogens with zero attached hydrogens (tertiary/aromatic N) is 10. The van der Waals surface area contributed by atoms with Crippen LogP contribution >= 0.6 is 39.1 Å². The predicted molar refractivity (Wildman–Crippen MR) is 345 cm³/mol. The number of halogens is 3. The minimum absolute atomic E-state index is 0.00846. The molecule has 448 valence electrons. The highest BCUT2D eigenvalue weighted by molar-refractivity contribution is 9.10. The standard InChI is InChI=1S/C16H20BNO3.C16H12ClN5O.C12H24B2O4.C10H8BrNO.C6H5ClN4/c1-15(2)16(3,4)21-17(20-15)13-8-6-7-12-11(13)9-10-18(5)14(12)19;1-9-14(17)20-12-8-18-22(15(12)19-9)13-5-3-4-11-10(13)6-7-21(2)16(11)23;1-9(2)10(3,4)16-13(15-9)14-17-11(5,6)12(7,8)18-14;1-12-6-5-7-8(10(12)13)3-2-4-9(7)11;1-3-5(7)10-4-2-8-11-6(4)9-3/h6-10H,1-5H3;3-8H,1-2H3;1-8H3;2-6H,1H3;2H,1H3,(H,8,9,11). The fraction of sp³-hybridized carbons (Fsp3) is 0.383. The molecule has 3 aliphatic heterocycles. The van der Waals surface area contributed by atoms with Crippen molar-refractivity contribution in [3.8, 4) is 5.69 Å². The molecule has 86 heavy (non-hydrogen) atoms. The summed E-state index contributed by atoms with van der Waals surface area (Å²) < 4.78 is 43.4. The van der Waals surface area contributed by atoms with Crippen LogP contribution < -0.4 is 22.1 Å². The summed E-state index contributed by atoms with van der Waals surface area (Å²) in [4.78, 5) is 53.1. The number of nitrogens with one attached hydrogen (secondary N) is 1. The number of fused-ring (bicyclic) bond motifs is 5. The van der Waals surface area contributed by atoms with Crippen molar-refractivity contribution in [3.63, 3.8) is 0 Å². The zero-order valence-electron chi connectivity index (χ0n) is 51.3. The average molecular weight is 1270 g/mol. The Bertz CT molecular complexity index is 4300. The first kappa shape index (κ1) is 63.9. The van der Waals surface area contributed by atoms with Gasteiger partial charge in [-0.25, -0.2) is 24.6 Å². The van der Waals surface area contributed by atoms with Crippen LogP contribution in [0.3, 0.4) is 0 Å². The minimum Gasteiger partial charge on any atom is -0.405 e. The topological polar surface area (TPSA) is 219 Å². The lowest BCUT2D eigenvalue weighted by Gasteiger charge is -2.32. The zero-order valence-corrected chi connectivity index (χ0v) is 54.4. The van der Waals surface area contributed by atoms with Crippen molar-refractivity contribution in [2.45, 2.75) is 131 Å². The van der Waals surface area contributed by atoms with E-state index in [0.29, 0.717) is 54.8 Å². The Balaban J connectivity index is 0.000000131. The Morgan fingerprint density at radius 3 is 1.43 bits per heavy atom. The van der Waals surface area contributed by atoms with Crippen LogP contribution in [0.4, 0.5) is 0 Å². The molecular formula is C60H69B3BrCl2N11O9. The van der Waals surface area contributed by atoms with Crippen LogP contribution in [-0.2, 0) is 49.1 Å². The van der Waals surface area contributed by atoms with Gasteiger partial charge in [0.15, 0.2) is 21.6 Å². The molecule has 0 unspecified atom stereocenters. The summed E-state index contributed by atoms with van der Waals surface area (Å²) in [6.45, 7) is 27.9. The fourth-order valence-electron chi connectivity index (χ4n) is 9.38. The molecule has 3 fully saturated rings. The normalized spacial score (nSPS) is 17.7. The molecule has 10 aromatic rings. The molecule has 0 spiro atoms. The van der Waals surface area contributed by atoms with E-state index in [0.717, 1.165) is 37.2 Å². The molecule has 0 aliphatic carbocycles. The van der Waals surface area contributed by atoms with Gasteiger partial charge < -0.3 is 41.6 Å². The third-order valence-electron chi connectivity index (χ3n) is 16.7. The third-order valence-corrected chi connectivity index (χ3v) is 18.1. The van der Waals surface area contributed by atoms with Crippen LogP contribution in [0.15, 0.2) is 123 Å². The van der Waals surface area contributed by atoms with Crippen LogP contribution in [0.25, 0.3) is 60.3 Å². The summed E-state index contributed by atoms with van der Waals surface area (Å²) in [6, 6.07) is 22.6. The molecule has 0 bridgehead atoms. The number of rotatable bonds is 3. The molecule has 0 amide bonds. The van der Waals surface area contributed by atoms with Gasteiger partial charge in [0.1, 0.15) is 11.0 Å². The smallest absolute Gasteiger partial charge is 0.405 e. The molecule has 7 aromatic heterocycles. The van der Waals surface area contributed by atoms with Crippen LogP contribution in [0.2, 0.25) is 10.3 Å². The molecule has 0 saturated carbocycles. The zero-order chi connectivity index (χ0) is 62.8. The van der Waals surface area contributed by atoms with Gasteiger partial charge in [-0.05, 0) is 156 Å². The van der Waals surface area contributed by atoms with E-state index in [9.17, 15) is 14.4 Å². The summed E-state index contributed by atoms with van der Waals surface area (Å²) in [5.41, 5.74) is 3.39. The Hall–Kier alpha value is -6.60. The largest absolute Gasteiger partial charge is 0.495 e. The Labute approximate surface area is 517 Å². The van der Waals surface area contributed by atoms with Crippen LogP contribution in [0.5, 0.6) is 0 Å². The Kier molecular flexibility index (Phi) is 17.7. The molecule has 0 radical (unpaired) electrons. The molecule has 13 rings (SSSR count). The second kappa shape index (κ2) is 23.8. The number of aromatic amines is 1. The minimum atomic E-state index is -0.476. The van der Waals surface area contributed by atoms with Gasteiger partial charge in [-0.15, -0.1) is 0 Å². The summed E-state index contributed by atoms with van der Waals surface area (Å²) in [6.07, 6.45) is 8.50. The number of pyridine rings is 3. The molecule has 10 heterocycles. The van der Waals surface area contributed by atoms with E-state index in [4.69, 9.17) is 51.1 Å². The molecule has 1 N–H and O–H groups in total. The second-order valence-electron chi connectivity index (χ2n) is 24.3. The van der Waals surface area contributed by atoms with E-state index in [2.05, 4.69) is 51.2 Å². The van der Waals surface area contributed by atoms with Crippen molar-refractivity contribution >= 4 is 120 Å². The number of hydrogen-bond donors (Lipinski definition) is 1. The molecular weight excluding hydrogens is 1200 g/mol. The van der Waals surface area contributed by atoms with Crippen molar-refractivity contribution in [1.82, 2.24) is 53.6 Å². The summed E-state index contributed by atoms with van der Waals surface area (Å²) >= 11 is 15.2. The van der Waals surface area contributed by atoms with Gasteiger partial charge in [-0.3, -0.25) is 19.5 Å². The molecule has 3 saturated heterocycles. The summed E-state index contributed by atoms with van der Waals surface area (Å²) in [5.74, 6) is 0. The molecule has 3 aliphatic rings. The van der Waals surface area contributed by atoms with Crippen molar-refractivity contribution < 1.29 is 27.9 Å². The monoisotopic (exact) mass is 1270 g/mol. The van der Waals surface area contributed by atoms with Gasteiger partial charge in [0.25, 0.3) is 16.7 Å². The maximum absolute atomic E-state index is 12.3. The average Bonchev–Trinajstić information content (AvgIpc) is 2.38. The van der Waals surface area contributed by atoms with Gasteiger partial charge in [-0.2, -0.15) is 10.2 Å². The lowest BCUT2D eigenvalue weighted by atomic mass is 9.49. The quantitative estimate of drug-likeness (QED) is 0.163. The number of aryl methyl sites for hydroxylation is 5. The lowest BCUT2D eigenvalue weighted by molar-refractivity contribution is 0.00578. The first-order chi connectivity index (χ1) is 40.1. The highest BCUT2D eigenvalue weighted by Gasteiger charge is 2.64. The van der Waals surface area contributed by atoms with Crippen molar-refractivity contribution in [2.75, 3.05) is 0 Å². The fourth-order valence-corrected chi connectivity index (χ4v) is 10.1. The van der Waals surface area contributed by atoms with E-state index in [1.165, 1.54) is 0 Å². The molecule has 3 aromatic carbocycles. The maximum atomic E-state index is 12.3. The summed E-state index contributed by atoms with van der Waals surface area (Å²) in [5, 5.41) is 16.4. The van der Waals surface area contributed by atoms with Gasteiger partial charge in [0.2, 0.25) is 0 Å². The molecule has 0 atom stereocenters. The van der Waals surface area contributed by atoms with E-state index >= 15 is 0 Å². The van der Waals surface area contributed by atoms with Crippen molar-refractivity contribution in [2.24, 2.45) is 21.1 Å². The number of hydrogen-bond acceptors (Lipinski definition) is 15. The van der Waals surface area contributed by atoms with Gasteiger partial charge >= 0.3 is 21.1 Å². The van der Waals surface area contributed by atoms with Crippen molar-refractivity contribution in [1.29, 1.82) is 0 Å². The number of H-pyrrole nitrogens is 1. The molecule has 20 nitrogen and oxygen atoms in total. The Morgan fingerprint density at radius 2 is 0.907 bits per heavy atom. The van der Waals surface area contributed by atoms with Crippen molar-refractivity contribution in [3.05, 3.63) is 161 Å². The number of aromatic nitrogens is 11. The summed E-state index contributed by atoms with van der Waals surface area (Å²) in [7, 11) is 3.83. The van der Waals surface area contributed by atoms with E-state index in [-0.39, 0.29) is 50.3 Å². The highest BCUT2D eigenvalue weighted by Crippen LogP contribution is 2.43. The first-order valence-electron chi connectivity index (χ1n) is 27.8. The van der Waals surface area contributed by atoms with Gasteiger partial charge in [-0.1, -0.05) is 63.4 Å². The van der Waals surface area contributed by atoms with E-state index in [1.807, 2.05) is 150 Å². The third kappa shape index (κ3) is 12.5. The van der Waals surface area contributed by atoms with Gasteiger partial charge in [0.05, 0.1) is 63.1 Å². The first-order valence-corrected chi connectivity index (χ1v) is 29.4. The Morgan fingerprint density at radius 1 is 0.488 bits per heavy atom. The second-order valence-corrected chi connectivity index (χ2v) is 25.9. The van der Waals surface area contributed by atoms with Crippen LogP contribution in [0, 0.1) is 13.8 Å². The number of benzene rings is 3. The molecule has 26 heteroatoms. The van der Waals surface area contributed by atoms with Crippen LogP contribution in [0.1, 0.15) is 94.5 Å². The van der Waals surface area contributed by atoms with E-state index in [1.54, 1.807) is 90.4 Å². The van der Waals surface area contributed by atoms with Gasteiger partial charge in [0, 0.05) is 71.1 Å². The van der Waals surface area contributed by atoms with E-state index < -0.39 is 21.1 Å². The lowest BCUT2D eigenvalue weighted by Crippen LogP contribution is -2.41. The van der Waals surface area contributed by atoms with Crippen LogP contribution in [-0.4, -0.2) is 108 Å². The SMILES string of the molecule is CC1(C)OB(B2OC(C)(C)C(C)(C)O2)OC1(C)C.Cc1nc2[nH]ncc2nc1Cl.Cc1nc2c(cnn2-c2cccc3c(=O)n(C)ccc23)nc1Cl.Cn1ccc2c(B3OC(C)(C)C(C)(C)O3)cccc2c1=O.Cn1ccc2c(Br)cccc2c1=O. The maximum Gasteiger partial charge on any atom is 0.495 e. The highest BCUT2D eigenvalue weighted by atomic mass is 79.9. The predicted octanol–water partition coefficient (Wildman–Crippen LogP) is 10.3.